The standard InChI is InChI=1S/C17H25F3N4O2S/c1-12-4-5-14(13(2)10-12)11-22-16(21-3)23-15-6-8-24(9-7-15)27(25,26)17(18,19)20/h4-5,10,15H,6-9,11H2,1-3H3,(H2,21,22,23). The van der Waals surface area contributed by atoms with Crippen molar-refractivity contribution in [2.24, 2.45) is 4.99 Å². The average Bonchev–Trinajstić information content (AvgIpc) is 2.59. The van der Waals surface area contributed by atoms with Gasteiger partial charge in [-0.3, -0.25) is 4.99 Å². The topological polar surface area (TPSA) is 73.8 Å². The Bertz CT molecular complexity index is 786. The zero-order valence-electron chi connectivity index (χ0n) is 15.6. The monoisotopic (exact) mass is 406 g/mol. The molecule has 0 unspecified atom stereocenters. The highest BCUT2D eigenvalue weighted by molar-refractivity contribution is 7.90. The summed E-state index contributed by atoms with van der Waals surface area (Å²) < 4.78 is 61.3. The van der Waals surface area contributed by atoms with Gasteiger partial charge in [0, 0.05) is 32.7 Å². The molecule has 1 aromatic rings. The number of sulfonamides is 1. The first-order chi connectivity index (χ1) is 12.5. The van der Waals surface area contributed by atoms with Crippen LogP contribution in [-0.4, -0.2) is 50.4 Å². The van der Waals surface area contributed by atoms with E-state index in [0.717, 1.165) is 11.1 Å². The molecule has 27 heavy (non-hydrogen) atoms. The van der Waals surface area contributed by atoms with Gasteiger partial charge in [0.05, 0.1) is 0 Å². The lowest BCUT2D eigenvalue weighted by Crippen LogP contribution is -2.51. The van der Waals surface area contributed by atoms with Gasteiger partial charge in [0.1, 0.15) is 0 Å². The van der Waals surface area contributed by atoms with E-state index in [0.29, 0.717) is 16.8 Å². The highest BCUT2D eigenvalue weighted by Crippen LogP contribution is 2.28. The van der Waals surface area contributed by atoms with Crippen molar-refractivity contribution < 1.29 is 21.6 Å². The molecule has 0 radical (unpaired) electrons. The van der Waals surface area contributed by atoms with Gasteiger partial charge in [-0.15, -0.1) is 0 Å². The summed E-state index contributed by atoms with van der Waals surface area (Å²) in [6.45, 7) is 4.27. The first-order valence-corrected chi connectivity index (χ1v) is 10.1. The van der Waals surface area contributed by atoms with Crippen LogP contribution in [-0.2, 0) is 16.6 Å². The van der Waals surface area contributed by atoms with E-state index >= 15 is 0 Å². The van der Waals surface area contributed by atoms with Gasteiger partial charge in [0.25, 0.3) is 0 Å². The minimum absolute atomic E-state index is 0.144. The van der Waals surface area contributed by atoms with Crippen LogP contribution < -0.4 is 10.6 Å². The molecule has 1 aliphatic rings. The highest BCUT2D eigenvalue weighted by atomic mass is 32.2. The SMILES string of the molecule is CN=C(NCc1ccc(C)cc1C)NC1CCN(S(=O)(=O)C(F)(F)F)CC1. The number of nitrogens with one attached hydrogen (secondary N) is 2. The van der Waals surface area contributed by atoms with Crippen LogP contribution in [0.1, 0.15) is 29.5 Å². The predicted molar refractivity (Wildman–Crippen MR) is 98.8 cm³/mol. The largest absolute Gasteiger partial charge is 0.511 e. The Morgan fingerprint density at radius 3 is 2.41 bits per heavy atom. The molecule has 2 rings (SSSR count). The highest BCUT2D eigenvalue weighted by Gasteiger charge is 2.50. The maximum atomic E-state index is 12.6. The number of rotatable bonds is 4. The van der Waals surface area contributed by atoms with Crippen LogP contribution in [0.4, 0.5) is 13.2 Å². The molecular weight excluding hydrogens is 381 g/mol. The lowest BCUT2D eigenvalue weighted by molar-refractivity contribution is -0.0494. The van der Waals surface area contributed by atoms with Crippen molar-refractivity contribution in [2.75, 3.05) is 20.1 Å². The molecule has 1 heterocycles. The minimum Gasteiger partial charge on any atom is -0.354 e. The van der Waals surface area contributed by atoms with Gasteiger partial charge in [-0.25, -0.2) is 8.42 Å². The molecule has 0 bridgehead atoms. The summed E-state index contributed by atoms with van der Waals surface area (Å²) in [4.78, 5) is 4.13. The van der Waals surface area contributed by atoms with Crippen LogP contribution >= 0.6 is 0 Å². The second-order valence-electron chi connectivity index (χ2n) is 6.62. The molecule has 152 valence electrons. The third-order valence-electron chi connectivity index (χ3n) is 4.60. The summed E-state index contributed by atoms with van der Waals surface area (Å²) in [5.41, 5.74) is -1.80. The van der Waals surface area contributed by atoms with Crippen LogP contribution in [0.15, 0.2) is 23.2 Å². The van der Waals surface area contributed by atoms with Crippen LogP contribution in [0.3, 0.4) is 0 Å². The molecule has 10 heteroatoms. The first-order valence-electron chi connectivity index (χ1n) is 8.64. The van der Waals surface area contributed by atoms with E-state index < -0.39 is 15.5 Å². The van der Waals surface area contributed by atoms with Gasteiger partial charge in [-0.05, 0) is 37.8 Å². The Balaban J connectivity index is 1.88. The Hall–Kier alpha value is -1.81. The number of alkyl halides is 3. The Labute approximate surface area is 157 Å². The van der Waals surface area contributed by atoms with Crippen LogP contribution in [0.25, 0.3) is 0 Å². The van der Waals surface area contributed by atoms with Crippen molar-refractivity contribution in [1.29, 1.82) is 0 Å². The fourth-order valence-corrected chi connectivity index (χ4v) is 3.98. The predicted octanol–water partition coefficient (Wildman–Crippen LogP) is 2.28. The third kappa shape index (κ3) is 5.35. The van der Waals surface area contributed by atoms with E-state index in [2.05, 4.69) is 21.7 Å². The molecule has 0 saturated carbocycles. The smallest absolute Gasteiger partial charge is 0.354 e. The van der Waals surface area contributed by atoms with Gasteiger partial charge >= 0.3 is 15.5 Å². The number of hydrogen-bond donors (Lipinski definition) is 2. The molecule has 6 nitrogen and oxygen atoms in total. The molecule has 2 N–H and O–H groups in total. The zero-order chi connectivity index (χ0) is 20.2. The molecule has 1 fully saturated rings. The number of nitrogens with zero attached hydrogens (tertiary/aromatic N) is 2. The second-order valence-corrected chi connectivity index (χ2v) is 8.55. The first kappa shape index (κ1) is 21.5. The van der Waals surface area contributed by atoms with Gasteiger partial charge in [0.2, 0.25) is 0 Å². The van der Waals surface area contributed by atoms with Crippen molar-refractivity contribution in [3.63, 3.8) is 0 Å². The van der Waals surface area contributed by atoms with E-state index in [1.54, 1.807) is 7.05 Å². The molecule has 0 aromatic heterocycles. The van der Waals surface area contributed by atoms with Gasteiger partial charge in [-0.2, -0.15) is 17.5 Å². The fraction of sp³-hybridized carbons (Fsp3) is 0.588. The summed E-state index contributed by atoms with van der Waals surface area (Å²) in [6.07, 6.45) is 0.555. The van der Waals surface area contributed by atoms with Crippen molar-refractivity contribution in [1.82, 2.24) is 14.9 Å². The lowest BCUT2D eigenvalue weighted by Gasteiger charge is -2.32. The number of benzene rings is 1. The van der Waals surface area contributed by atoms with Gasteiger partial charge in [-0.1, -0.05) is 23.8 Å². The molecule has 1 aliphatic heterocycles. The zero-order valence-corrected chi connectivity index (χ0v) is 16.4. The van der Waals surface area contributed by atoms with Crippen molar-refractivity contribution in [3.05, 3.63) is 34.9 Å². The van der Waals surface area contributed by atoms with Crippen molar-refractivity contribution in [3.8, 4) is 0 Å². The summed E-state index contributed by atoms with van der Waals surface area (Å²) in [6, 6.07) is 6.00. The number of aliphatic imine (C=N–C) groups is 1. The summed E-state index contributed by atoms with van der Waals surface area (Å²) in [7, 11) is -3.64. The van der Waals surface area contributed by atoms with E-state index in [9.17, 15) is 21.6 Å². The molecule has 0 amide bonds. The third-order valence-corrected chi connectivity index (χ3v) is 6.23. The van der Waals surface area contributed by atoms with Gasteiger partial charge < -0.3 is 10.6 Å². The number of halogens is 3. The van der Waals surface area contributed by atoms with E-state index in [1.165, 1.54) is 5.56 Å². The maximum Gasteiger partial charge on any atom is 0.511 e. The second kappa shape index (κ2) is 8.47. The van der Waals surface area contributed by atoms with E-state index in [1.807, 2.05) is 26.0 Å². The minimum atomic E-state index is -5.25. The molecular formula is C17H25F3N4O2S. The quantitative estimate of drug-likeness (QED) is 0.594. The number of guanidine groups is 1. The Morgan fingerprint density at radius 2 is 1.89 bits per heavy atom. The van der Waals surface area contributed by atoms with Crippen LogP contribution in [0, 0.1) is 13.8 Å². The average molecular weight is 406 g/mol. The van der Waals surface area contributed by atoms with Crippen molar-refractivity contribution in [2.45, 2.75) is 44.8 Å². The summed E-state index contributed by atoms with van der Waals surface area (Å²) in [5.74, 6) is 0.534. The maximum absolute atomic E-state index is 12.6. The molecule has 1 saturated heterocycles. The number of aryl methyl sites for hydroxylation is 2. The Morgan fingerprint density at radius 1 is 1.26 bits per heavy atom. The number of piperidine rings is 1. The molecule has 1 aromatic carbocycles. The van der Waals surface area contributed by atoms with E-state index in [4.69, 9.17) is 0 Å². The van der Waals surface area contributed by atoms with Crippen LogP contribution in [0.5, 0.6) is 0 Å². The molecule has 0 aliphatic carbocycles. The summed E-state index contributed by atoms with van der Waals surface area (Å²) in [5, 5.41) is 6.34. The summed E-state index contributed by atoms with van der Waals surface area (Å²) >= 11 is 0. The van der Waals surface area contributed by atoms with E-state index in [-0.39, 0.29) is 32.0 Å². The van der Waals surface area contributed by atoms with Gasteiger partial charge in [0.15, 0.2) is 5.96 Å². The fourth-order valence-electron chi connectivity index (χ4n) is 3.00. The number of hydrogen-bond acceptors (Lipinski definition) is 3. The van der Waals surface area contributed by atoms with Crippen molar-refractivity contribution >= 4 is 16.0 Å². The normalized spacial score (nSPS) is 17.8. The van der Waals surface area contributed by atoms with Crippen LogP contribution in [0.2, 0.25) is 0 Å². The molecule has 0 spiro atoms. The lowest BCUT2D eigenvalue weighted by atomic mass is 10.1. The Kier molecular flexibility index (Phi) is 6.74. The molecule has 0 atom stereocenters.